The minimum absolute atomic E-state index is 0.142. The van der Waals surface area contributed by atoms with Gasteiger partial charge in [-0.15, -0.1) is 0 Å². The lowest BCUT2D eigenvalue weighted by atomic mass is 10.1. The van der Waals surface area contributed by atoms with E-state index in [1.165, 1.54) is 11.3 Å². The highest BCUT2D eigenvalue weighted by molar-refractivity contribution is 8.00. The molecule has 1 aliphatic rings. The third kappa shape index (κ3) is 3.36. The Labute approximate surface area is 123 Å². The standard InChI is InChI=1S/C14H12F3NO2S/c15-14(16,17)21-13-9-11(12-7-4-8-19-12)18(20-13)10-5-2-1-3-6-10/h1-8,11,13H,9H2. The Morgan fingerprint density at radius 2 is 1.86 bits per heavy atom. The summed E-state index contributed by atoms with van der Waals surface area (Å²) in [6, 6.07) is 12.1. The summed E-state index contributed by atoms with van der Waals surface area (Å²) >= 11 is -0.142. The molecular formula is C14H12F3NO2S. The normalized spacial score (nSPS) is 22.7. The van der Waals surface area contributed by atoms with Crippen molar-refractivity contribution in [2.24, 2.45) is 0 Å². The molecule has 2 atom stereocenters. The predicted octanol–water partition coefficient (Wildman–Crippen LogP) is 4.74. The topological polar surface area (TPSA) is 25.6 Å². The zero-order valence-corrected chi connectivity index (χ0v) is 11.6. The zero-order chi connectivity index (χ0) is 14.9. The molecule has 1 aliphatic heterocycles. The van der Waals surface area contributed by atoms with Crippen LogP contribution in [0.1, 0.15) is 18.2 Å². The van der Waals surface area contributed by atoms with Gasteiger partial charge in [-0.25, -0.2) is 5.06 Å². The lowest BCUT2D eigenvalue weighted by Gasteiger charge is -2.23. The molecule has 1 saturated heterocycles. The Kier molecular flexibility index (Phi) is 3.86. The zero-order valence-electron chi connectivity index (χ0n) is 10.8. The van der Waals surface area contributed by atoms with Crippen molar-refractivity contribution in [3.8, 4) is 0 Å². The highest BCUT2D eigenvalue weighted by Crippen LogP contribution is 2.46. The fourth-order valence-electron chi connectivity index (χ4n) is 2.27. The van der Waals surface area contributed by atoms with Gasteiger partial charge in [0.05, 0.1) is 12.0 Å². The minimum Gasteiger partial charge on any atom is -0.467 e. The number of furan rings is 1. The number of anilines is 1. The van der Waals surface area contributed by atoms with Crippen LogP contribution in [0.2, 0.25) is 0 Å². The summed E-state index contributed by atoms with van der Waals surface area (Å²) in [4.78, 5) is 5.48. The Morgan fingerprint density at radius 3 is 2.48 bits per heavy atom. The van der Waals surface area contributed by atoms with Gasteiger partial charge in [0.2, 0.25) is 0 Å². The van der Waals surface area contributed by atoms with E-state index in [0.717, 1.165) is 0 Å². The maximum atomic E-state index is 12.5. The lowest BCUT2D eigenvalue weighted by Crippen LogP contribution is -2.21. The number of hydrogen-bond acceptors (Lipinski definition) is 4. The minimum atomic E-state index is -4.33. The molecule has 3 rings (SSSR count). The molecule has 0 radical (unpaired) electrons. The van der Waals surface area contributed by atoms with Gasteiger partial charge < -0.3 is 4.42 Å². The Balaban J connectivity index is 1.85. The fraction of sp³-hybridized carbons (Fsp3) is 0.286. The van der Waals surface area contributed by atoms with Crippen molar-refractivity contribution in [2.45, 2.75) is 23.4 Å². The Bertz CT molecular complexity index is 574. The predicted molar refractivity (Wildman–Crippen MR) is 73.5 cm³/mol. The van der Waals surface area contributed by atoms with Gasteiger partial charge in [-0.1, -0.05) is 18.2 Å². The first-order valence-electron chi connectivity index (χ1n) is 6.32. The summed E-state index contributed by atoms with van der Waals surface area (Å²) in [6.07, 6.45) is 1.70. The molecule has 112 valence electrons. The molecule has 0 bridgehead atoms. The smallest absolute Gasteiger partial charge is 0.444 e. The molecule has 0 aliphatic carbocycles. The number of thioether (sulfide) groups is 1. The molecule has 0 amide bonds. The first-order valence-corrected chi connectivity index (χ1v) is 7.20. The molecule has 1 aromatic carbocycles. The number of para-hydroxylation sites is 1. The van der Waals surface area contributed by atoms with E-state index in [2.05, 4.69) is 0 Å². The second-order valence-corrected chi connectivity index (χ2v) is 5.75. The number of benzene rings is 1. The van der Waals surface area contributed by atoms with E-state index in [9.17, 15) is 13.2 Å². The lowest BCUT2D eigenvalue weighted by molar-refractivity contribution is -0.0362. The van der Waals surface area contributed by atoms with E-state index in [4.69, 9.17) is 9.25 Å². The summed E-state index contributed by atoms with van der Waals surface area (Å²) in [7, 11) is 0. The molecule has 2 heterocycles. The highest BCUT2D eigenvalue weighted by Gasteiger charge is 2.43. The second kappa shape index (κ2) is 5.65. The van der Waals surface area contributed by atoms with Gasteiger partial charge in [0.1, 0.15) is 17.2 Å². The van der Waals surface area contributed by atoms with Crippen molar-refractivity contribution in [3.63, 3.8) is 0 Å². The summed E-state index contributed by atoms with van der Waals surface area (Å²) in [5, 5.41) is 1.49. The maximum absolute atomic E-state index is 12.5. The van der Waals surface area contributed by atoms with Crippen molar-refractivity contribution in [3.05, 3.63) is 54.5 Å². The monoisotopic (exact) mass is 315 g/mol. The van der Waals surface area contributed by atoms with Crippen molar-refractivity contribution < 1.29 is 22.4 Å². The van der Waals surface area contributed by atoms with Crippen LogP contribution in [0.3, 0.4) is 0 Å². The van der Waals surface area contributed by atoms with Crippen LogP contribution in [0.5, 0.6) is 0 Å². The third-order valence-corrected chi connectivity index (χ3v) is 3.89. The average molecular weight is 315 g/mol. The maximum Gasteiger partial charge on any atom is 0.444 e. The van der Waals surface area contributed by atoms with Crippen LogP contribution < -0.4 is 5.06 Å². The number of halogens is 3. The van der Waals surface area contributed by atoms with Gasteiger partial charge in [-0.3, -0.25) is 4.84 Å². The van der Waals surface area contributed by atoms with Crippen LogP contribution in [0.25, 0.3) is 0 Å². The van der Waals surface area contributed by atoms with E-state index < -0.39 is 10.9 Å². The van der Waals surface area contributed by atoms with Gasteiger partial charge in [0.15, 0.2) is 0 Å². The summed E-state index contributed by atoms with van der Waals surface area (Å²) in [6.45, 7) is 0. The SMILES string of the molecule is FC(F)(F)SC1CC(c2ccco2)N(c2ccccc2)O1. The van der Waals surface area contributed by atoms with Crippen LogP contribution >= 0.6 is 11.8 Å². The van der Waals surface area contributed by atoms with Crippen molar-refractivity contribution >= 4 is 17.4 Å². The Hall–Kier alpha value is -1.60. The van der Waals surface area contributed by atoms with Gasteiger partial charge in [0, 0.05) is 6.42 Å². The molecule has 2 unspecified atom stereocenters. The van der Waals surface area contributed by atoms with E-state index in [1.54, 1.807) is 24.3 Å². The van der Waals surface area contributed by atoms with E-state index in [-0.39, 0.29) is 24.2 Å². The summed E-state index contributed by atoms with van der Waals surface area (Å²) < 4.78 is 43.0. The van der Waals surface area contributed by atoms with Crippen molar-refractivity contribution in [1.82, 2.24) is 0 Å². The molecule has 1 aromatic heterocycles. The van der Waals surface area contributed by atoms with Gasteiger partial charge in [-0.2, -0.15) is 13.2 Å². The van der Waals surface area contributed by atoms with E-state index in [1.807, 2.05) is 18.2 Å². The average Bonchev–Trinajstić information content (AvgIpc) is 3.06. The first-order chi connectivity index (χ1) is 10.0. The molecule has 0 spiro atoms. The van der Waals surface area contributed by atoms with Crippen LogP contribution in [0, 0.1) is 0 Å². The van der Waals surface area contributed by atoms with E-state index >= 15 is 0 Å². The number of alkyl halides is 3. The van der Waals surface area contributed by atoms with Crippen LogP contribution in [0.15, 0.2) is 53.1 Å². The molecule has 3 nitrogen and oxygen atoms in total. The summed E-state index contributed by atoms with van der Waals surface area (Å²) in [5.74, 6) is 0.587. The number of rotatable bonds is 3. The molecule has 7 heteroatoms. The van der Waals surface area contributed by atoms with Crippen molar-refractivity contribution in [2.75, 3.05) is 5.06 Å². The largest absolute Gasteiger partial charge is 0.467 e. The van der Waals surface area contributed by atoms with Crippen LogP contribution in [0.4, 0.5) is 18.9 Å². The number of nitrogens with zero attached hydrogens (tertiary/aromatic N) is 1. The third-order valence-electron chi connectivity index (χ3n) is 3.08. The molecule has 2 aromatic rings. The van der Waals surface area contributed by atoms with Crippen LogP contribution in [-0.2, 0) is 4.84 Å². The molecule has 1 fully saturated rings. The first kappa shape index (κ1) is 14.3. The molecule has 21 heavy (non-hydrogen) atoms. The number of hydroxylamine groups is 1. The van der Waals surface area contributed by atoms with E-state index in [0.29, 0.717) is 11.4 Å². The van der Waals surface area contributed by atoms with Gasteiger partial charge in [0.25, 0.3) is 0 Å². The summed E-state index contributed by atoms with van der Waals surface area (Å²) in [5.41, 5.74) is -4.62. The van der Waals surface area contributed by atoms with Gasteiger partial charge >= 0.3 is 5.51 Å². The van der Waals surface area contributed by atoms with Crippen molar-refractivity contribution in [1.29, 1.82) is 0 Å². The number of hydrogen-bond donors (Lipinski definition) is 0. The molecular weight excluding hydrogens is 303 g/mol. The second-order valence-electron chi connectivity index (χ2n) is 4.53. The highest BCUT2D eigenvalue weighted by atomic mass is 32.2. The van der Waals surface area contributed by atoms with Crippen LogP contribution in [-0.4, -0.2) is 10.9 Å². The fourth-order valence-corrected chi connectivity index (χ4v) is 2.98. The molecule has 0 N–H and O–H groups in total. The Morgan fingerprint density at radius 1 is 1.10 bits per heavy atom. The quantitative estimate of drug-likeness (QED) is 0.817. The van der Waals surface area contributed by atoms with Gasteiger partial charge in [-0.05, 0) is 36.0 Å². The molecule has 0 saturated carbocycles.